The van der Waals surface area contributed by atoms with Crippen LogP contribution in [0.4, 0.5) is 10.1 Å². The van der Waals surface area contributed by atoms with Gasteiger partial charge >= 0.3 is 0 Å². The van der Waals surface area contributed by atoms with E-state index < -0.39 is 0 Å². The van der Waals surface area contributed by atoms with Crippen molar-refractivity contribution in [3.63, 3.8) is 0 Å². The number of ether oxygens (including phenoxy) is 2. The Balaban J connectivity index is 1.80. The van der Waals surface area contributed by atoms with Gasteiger partial charge in [-0.2, -0.15) is 0 Å². The van der Waals surface area contributed by atoms with Crippen molar-refractivity contribution in [3.8, 4) is 11.5 Å². The summed E-state index contributed by atoms with van der Waals surface area (Å²) in [5.41, 5.74) is 4.84. The largest absolute Gasteiger partial charge is 0.493 e. The molecule has 0 unspecified atom stereocenters. The molecule has 0 aliphatic rings. The van der Waals surface area contributed by atoms with Crippen LogP contribution in [-0.4, -0.2) is 13.3 Å². The van der Waals surface area contributed by atoms with Crippen molar-refractivity contribution in [2.75, 3.05) is 7.11 Å². The molecule has 3 aromatic carbocycles. The third-order valence-electron chi connectivity index (χ3n) is 4.25. The lowest BCUT2D eigenvalue weighted by atomic mass is 10.1. The molecule has 0 aromatic heterocycles. The fourth-order valence-electron chi connectivity index (χ4n) is 2.78. The number of methoxy groups -OCH3 is 1. The van der Waals surface area contributed by atoms with Crippen LogP contribution in [0.15, 0.2) is 59.6 Å². The fourth-order valence-corrected chi connectivity index (χ4v) is 3.06. The zero-order chi connectivity index (χ0) is 20.1. The standard InChI is InChI=1S/C23H21ClFNO2/c1-15-4-9-21(16(2)10-15)26-13-18-11-20(24)23(22(12-18)27-3)28-14-17-5-7-19(25)8-6-17/h4-13H,14H2,1-3H3. The SMILES string of the molecule is COc1cc(C=Nc2ccc(C)cc2C)cc(Cl)c1OCc1ccc(F)cc1. The van der Waals surface area contributed by atoms with Gasteiger partial charge in [0.05, 0.1) is 17.8 Å². The molecule has 3 nitrogen and oxygen atoms in total. The van der Waals surface area contributed by atoms with Gasteiger partial charge in [-0.3, -0.25) is 4.99 Å². The highest BCUT2D eigenvalue weighted by Gasteiger charge is 2.12. The fraction of sp³-hybridized carbons (Fsp3) is 0.174. The molecular formula is C23H21ClFNO2. The number of aliphatic imine (C=N–C) groups is 1. The van der Waals surface area contributed by atoms with Gasteiger partial charge in [0, 0.05) is 6.21 Å². The second kappa shape index (κ2) is 8.89. The summed E-state index contributed by atoms with van der Waals surface area (Å²) in [6, 6.07) is 15.8. The molecule has 28 heavy (non-hydrogen) atoms. The van der Waals surface area contributed by atoms with Gasteiger partial charge in [-0.05, 0) is 60.9 Å². The van der Waals surface area contributed by atoms with E-state index in [0.717, 1.165) is 22.4 Å². The Hall–Kier alpha value is -2.85. The molecule has 5 heteroatoms. The summed E-state index contributed by atoms with van der Waals surface area (Å²) in [6.07, 6.45) is 1.75. The smallest absolute Gasteiger partial charge is 0.180 e. The van der Waals surface area contributed by atoms with Crippen LogP contribution in [0.1, 0.15) is 22.3 Å². The Morgan fingerprint density at radius 1 is 1.04 bits per heavy atom. The average molecular weight is 398 g/mol. The number of hydrogen-bond donors (Lipinski definition) is 0. The van der Waals surface area contributed by atoms with Gasteiger partial charge in [-0.25, -0.2) is 4.39 Å². The number of aryl methyl sites for hydroxylation is 2. The summed E-state index contributed by atoms with van der Waals surface area (Å²) in [7, 11) is 1.56. The van der Waals surface area contributed by atoms with E-state index in [4.69, 9.17) is 21.1 Å². The molecule has 3 rings (SSSR count). The molecular weight excluding hydrogens is 377 g/mol. The zero-order valence-electron chi connectivity index (χ0n) is 16.0. The summed E-state index contributed by atoms with van der Waals surface area (Å²) < 4.78 is 24.3. The highest BCUT2D eigenvalue weighted by molar-refractivity contribution is 6.32. The summed E-state index contributed by atoms with van der Waals surface area (Å²) in [5, 5.41) is 0.420. The Morgan fingerprint density at radius 2 is 1.79 bits per heavy atom. The minimum absolute atomic E-state index is 0.256. The van der Waals surface area contributed by atoms with Crippen molar-refractivity contribution >= 4 is 23.5 Å². The normalized spacial score (nSPS) is 11.0. The second-order valence-corrected chi connectivity index (χ2v) is 6.90. The molecule has 0 saturated carbocycles. The molecule has 0 saturated heterocycles. The third-order valence-corrected chi connectivity index (χ3v) is 4.53. The maximum Gasteiger partial charge on any atom is 0.180 e. The Kier molecular flexibility index (Phi) is 6.32. The number of halogens is 2. The quantitative estimate of drug-likeness (QED) is 0.448. The van der Waals surface area contributed by atoms with Crippen molar-refractivity contribution in [1.82, 2.24) is 0 Å². The van der Waals surface area contributed by atoms with E-state index in [1.807, 2.05) is 25.1 Å². The van der Waals surface area contributed by atoms with Crippen molar-refractivity contribution < 1.29 is 13.9 Å². The van der Waals surface area contributed by atoms with Crippen molar-refractivity contribution in [3.05, 3.63) is 87.7 Å². The maximum absolute atomic E-state index is 13.0. The van der Waals surface area contributed by atoms with Gasteiger partial charge in [0.25, 0.3) is 0 Å². The minimum atomic E-state index is -0.285. The van der Waals surface area contributed by atoms with Crippen LogP contribution in [-0.2, 0) is 6.61 Å². The second-order valence-electron chi connectivity index (χ2n) is 6.50. The summed E-state index contributed by atoms with van der Waals surface area (Å²) in [5.74, 6) is 0.667. The van der Waals surface area contributed by atoms with Gasteiger partial charge < -0.3 is 9.47 Å². The molecule has 144 valence electrons. The van der Waals surface area contributed by atoms with Crippen molar-refractivity contribution in [1.29, 1.82) is 0 Å². The molecule has 0 fully saturated rings. The van der Waals surface area contributed by atoms with Gasteiger partial charge in [0.2, 0.25) is 0 Å². The highest BCUT2D eigenvalue weighted by Crippen LogP contribution is 2.36. The zero-order valence-corrected chi connectivity index (χ0v) is 16.8. The van der Waals surface area contributed by atoms with E-state index in [9.17, 15) is 4.39 Å². The van der Waals surface area contributed by atoms with E-state index in [1.165, 1.54) is 17.7 Å². The number of rotatable bonds is 6. The number of nitrogens with zero attached hydrogens (tertiary/aromatic N) is 1. The van der Waals surface area contributed by atoms with Crippen LogP contribution in [0.25, 0.3) is 0 Å². The molecule has 0 N–H and O–H groups in total. The predicted molar refractivity (Wildman–Crippen MR) is 112 cm³/mol. The van der Waals surface area contributed by atoms with E-state index in [1.54, 1.807) is 31.5 Å². The summed E-state index contributed by atoms with van der Waals surface area (Å²) in [4.78, 5) is 4.55. The van der Waals surface area contributed by atoms with Crippen LogP contribution in [0.2, 0.25) is 5.02 Å². The summed E-state index contributed by atoms with van der Waals surface area (Å²) >= 11 is 6.41. The van der Waals surface area contributed by atoms with Gasteiger partial charge in [-0.1, -0.05) is 41.4 Å². The molecule has 0 bridgehead atoms. The maximum atomic E-state index is 13.0. The van der Waals surface area contributed by atoms with Crippen LogP contribution in [0.3, 0.4) is 0 Å². The Morgan fingerprint density at radius 3 is 2.46 bits per heavy atom. The first-order chi connectivity index (χ1) is 13.5. The predicted octanol–water partition coefficient (Wildman–Crippen LogP) is 6.43. The highest BCUT2D eigenvalue weighted by atomic mass is 35.5. The first-order valence-corrected chi connectivity index (χ1v) is 9.20. The molecule has 0 aliphatic carbocycles. The lowest BCUT2D eigenvalue weighted by molar-refractivity contribution is 0.284. The topological polar surface area (TPSA) is 30.8 Å². The molecule has 0 spiro atoms. The third kappa shape index (κ3) is 4.90. The van der Waals surface area contributed by atoms with Crippen LogP contribution in [0, 0.1) is 19.7 Å². The van der Waals surface area contributed by atoms with Crippen molar-refractivity contribution in [2.24, 2.45) is 4.99 Å². The molecule has 0 amide bonds. The monoisotopic (exact) mass is 397 g/mol. The van der Waals surface area contributed by atoms with E-state index in [2.05, 4.69) is 18.0 Å². The number of hydrogen-bond acceptors (Lipinski definition) is 3. The molecule has 0 heterocycles. The lowest BCUT2D eigenvalue weighted by Gasteiger charge is -2.13. The summed E-state index contributed by atoms with van der Waals surface area (Å²) in [6.45, 7) is 4.34. The Bertz CT molecular complexity index is 1000. The average Bonchev–Trinajstić information content (AvgIpc) is 2.67. The molecule has 0 atom stereocenters. The van der Waals surface area contributed by atoms with Crippen LogP contribution >= 0.6 is 11.6 Å². The van der Waals surface area contributed by atoms with E-state index >= 15 is 0 Å². The molecule has 0 aliphatic heterocycles. The Labute approximate surface area is 169 Å². The van der Waals surface area contributed by atoms with Crippen LogP contribution < -0.4 is 9.47 Å². The molecule has 3 aromatic rings. The first-order valence-electron chi connectivity index (χ1n) is 8.82. The van der Waals surface area contributed by atoms with Gasteiger partial charge in [0.1, 0.15) is 12.4 Å². The minimum Gasteiger partial charge on any atom is -0.493 e. The number of benzene rings is 3. The van der Waals surface area contributed by atoms with E-state index in [-0.39, 0.29) is 12.4 Å². The van der Waals surface area contributed by atoms with Gasteiger partial charge in [0.15, 0.2) is 11.5 Å². The van der Waals surface area contributed by atoms with E-state index in [0.29, 0.717) is 16.5 Å². The van der Waals surface area contributed by atoms with Crippen LogP contribution in [0.5, 0.6) is 11.5 Å². The van der Waals surface area contributed by atoms with Crippen molar-refractivity contribution in [2.45, 2.75) is 20.5 Å². The lowest BCUT2D eigenvalue weighted by Crippen LogP contribution is -1.99. The van der Waals surface area contributed by atoms with Gasteiger partial charge in [-0.15, -0.1) is 0 Å². The first kappa shape index (κ1) is 19.9. The molecule has 0 radical (unpaired) electrons.